The van der Waals surface area contributed by atoms with E-state index in [0.717, 1.165) is 96.3 Å². The Balaban J connectivity index is 4.50. The van der Waals surface area contributed by atoms with Crippen LogP contribution in [-0.4, -0.2) is 37.2 Å². The first-order chi connectivity index (χ1) is 27.0. The second-order valence-electron chi connectivity index (χ2n) is 14.3. The molecule has 1 atom stereocenters. The van der Waals surface area contributed by atoms with Crippen LogP contribution in [0.2, 0.25) is 0 Å². The van der Waals surface area contributed by atoms with E-state index in [9.17, 15) is 14.4 Å². The molecule has 0 fully saturated rings. The molecule has 0 saturated heterocycles. The standard InChI is InChI=1S/C49H80O6/c1-4-7-10-13-16-19-22-24-26-27-30-33-36-39-42-48(51)54-45-46(44-53-47(50)41-38-35-32-29-21-18-15-12-9-6-3)55-49(52)43-40-37-34-31-28-25-23-20-17-14-11-8-5-2/h7-8,10-11,14,16-17,19-20,23-26,28,46H,4-6,9,12-13,15,18,21-22,27,29-45H2,1-3H3/b10-7-,11-8-,17-14-,19-16-,23-20-,26-24-,28-25-. The van der Waals surface area contributed by atoms with Gasteiger partial charge in [-0.25, -0.2) is 0 Å². The van der Waals surface area contributed by atoms with Crippen molar-refractivity contribution in [3.05, 3.63) is 85.1 Å². The third-order valence-electron chi connectivity index (χ3n) is 8.99. The number of rotatable bonds is 38. The summed E-state index contributed by atoms with van der Waals surface area (Å²) in [7, 11) is 0. The molecule has 6 heteroatoms. The molecule has 0 heterocycles. The number of ether oxygens (including phenoxy) is 3. The highest BCUT2D eigenvalue weighted by Crippen LogP contribution is 2.13. The SMILES string of the molecule is CC\C=C/C=C\C=C/C=C\CCCCCC(=O)OC(COC(=O)CCCCCC/C=C\C/C=C\C/C=C\CC)COC(=O)CCCCCCCCCCCC. The van der Waals surface area contributed by atoms with Gasteiger partial charge in [0.05, 0.1) is 0 Å². The number of carbonyl (C=O) groups is 3. The molecular formula is C49H80O6. The molecule has 55 heavy (non-hydrogen) atoms. The number of esters is 3. The van der Waals surface area contributed by atoms with Crippen molar-refractivity contribution in [2.45, 2.75) is 194 Å². The fourth-order valence-corrected chi connectivity index (χ4v) is 5.70. The van der Waals surface area contributed by atoms with Crippen molar-refractivity contribution >= 4 is 17.9 Å². The lowest BCUT2D eigenvalue weighted by Crippen LogP contribution is -2.30. The molecule has 0 saturated carbocycles. The van der Waals surface area contributed by atoms with E-state index in [1.807, 2.05) is 36.5 Å². The average molecular weight is 765 g/mol. The molecule has 0 rings (SSSR count). The van der Waals surface area contributed by atoms with Crippen LogP contribution in [0.15, 0.2) is 85.1 Å². The van der Waals surface area contributed by atoms with Gasteiger partial charge in [0, 0.05) is 19.3 Å². The van der Waals surface area contributed by atoms with E-state index >= 15 is 0 Å². The van der Waals surface area contributed by atoms with Gasteiger partial charge in [0.1, 0.15) is 13.2 Å². The molecule has 0 bridgehead atoms. The first-order valence-electron chi connectivity index (χ1n) is 22.1. The summed E-state index contributed by atoms with van der Waals surface area (Å²) < 4.78 is 16.6. The summed E-state index contributed by atoms with van der Waals surface area (Å²) in [5.41, 5.74) is 0. The van der Waals surface area contributed by atoms with Crippen LogP contribution in [0.1, 0.15) is 188 Å². The number of hydrogen-bond acceptors (Lipinski definition) is 6. The predicted molar refractivity (Wildman–Crippen MR) is 233 cm³/mol. The quantitative estimate of drug-likeness (QED) is 0.0205. The van der Waals surface area contributed by atoms with Crippen molar-refractivity contribution in [3.8, 4) is 0 Å². The Bertz CT molecular complexity index is 1110. The highest BCUT2D eigenvalue weighted by molar-refractivity contribution is 5.71. The zero-order chi connectivity index (χ0) is 40.1. The molecule has 1 unspecified atom stereocenters. The molecular weight excluding hydrogens is 685 g/mol. The largest absolute Gasteiger partial charge is 0.462 e. The Morgan fingerprint density at radius 2 is 0.800 bits per heavy atom. The van der Waals surface area contributed by atoms with Crippen LogP contribution >= 0.6 is 0 Å². The van der Waals surface area contributed by atoms with Gasteiger partial charge in [-0.1, -0.05) is 183 Å². The van der Waals surface area contributed by atoms with Crippen LogP contribution in [0.5, 0.6) is 0 Å². The Labute approximate surface area is 337 Å². The lowest BCUT2D eigenvalue weighted by Gasteiger charge is -2.18. The summed E-state index contributed by atoms with van der Waals surface area (Å²) in [6.45, 7) is 6.29. The number of allylic oxidation sites excluding steroid dienone is 14. The normalized spacial score (nSPS) is 12.9. The fourth-order valence-electron chi connectivity index (χ4n) is 5.70. The van der Waals surface area contributed by atoms with Crippen LogP contribution in [0.25, 0.3) is 0 Å². The van der Waals surface area contributed by atoms with E-state index < -0.39 is 6.10 Å². The summed E-state index contributed by atoms with van der Waals surface area (Å²) in [6, 6.07) is 0. The Morgan fingerprint density at radius 3 is 1.35 bits per heavy atom. The molecule has 0 aliphatic rings. The van der Waals surface area contributed by atoms with Gasteiger partial charge in [-0.15, -0.1) is 0 Å². The highest BCUT2D eigenvalue weighted by atomic mass is 16.6. The number of hydrogen-bond donors (Lipinski definition) is 0. The lowest BCUT2D eigenvalue weighted by atomic mass is 10.1. The van der Waals surface area contributed by atoms with E-state index in [4.69, 9.17) is 14.2 Å². The fraction of sp³-hybridized carbons (Fsp3) is 0.653. The van der Waals surface area contributed by atoms with Crippen molar-refractivity contribution < 1.29 is 28.6 Å². The number of unbranched alkanes of at least 4 members (excludes halogenated alkanes) is 16. The molecule has 0 aromatic heterocycles. The topological polar surface area (TPSA) is 78.9 Å². The van der Waals surface area contributed by atoms with Gasteiger partial charge in [-0.3, -0.25) is 14.4 Å². The van der Waals surface area contributed by atoms with Crippen molar-refractivity contribution in [2.75, 3.05) is 13.2 Å². The molecule has 0 aromatic rings. The van der Waals surface area contributed by atoms with E-state index in [2.05, 4.69) is 69.4 Å². The minimum absolute atomic E-state index is 0.1000. The van der Waals surface area contributed by atoms with Gasteiger partial charge in [-0.05, 0) is 70.6 Å². The summed E-state index contributed by atoms with van der Waals surface area (Å²) >= 11 is 0. The Hall–Kier alpha value is -3.41. The molecule has 6 nitrogen and oxygen atoms in total. The van der Waals surface area contributed by atoms with Crippen molar-refractivity contribution in [1.29, 1.82) is 0 Å². The maximum atomic E-state index is 12.7. The second-order valence-corrected chi connectivity index (χ2v) is 14.3. The third kappa shape index (κ3) is 41.6. The van der Waals surface area contributed by atoms with Crippen LogP contribution in [0.4, 0.5) is 0 Å². The molecule has 0 spiro atoms. The second kappa shape index (κ2) is 43.3. The third-order valence-corrected chi connectivity index (χ3v) is 8.99. The van der Waals surface area contributed by atoms with E-state index in [0.29, 0.717) is 19.3 Å². The summed E-state index contributed by atoms with van der Waals surface area (Å²) in [6.07, 6.45) is 54.2. The lowest BCUT2D eigenvalue weighted by molar-refractivity contribution is -0.167. The van der Waals surface area contributed by atoms with Crippen molar-refractivity contribution in [3.63, 3.8) is 0 Å². The monoisotopic (exact) mass is 765 g/mol. The van der Waals surface area contributed by atoms with Crippen LogP contribution in [-0.2, 0) is 28.6 Å². The predicted octanol–water partition coefficient (Wildman–Crippen LogP) is 14.1. The maximum Gasteiger partial charge on any atom is 0.306 e. The smallest absolute Gasteiger partial charge is 0.306 e. The highest BCUT2D eigenvalue weighted by Gasteiger charge is 2.19. The van der Waals surface area contributed by atoms with E-state index in [1.54, 1.807) is 0 Å². The number of carbonyl (C=O) groups excluding carboxylic acids is 3. The summed E-state index contributed by atoms with van der Waals surface area (Å²) in [4.78, 5) is 37.7. The minimum Gasteiger partial charge on any atom is -0.462 e. The first kappa shape index (κ1) is 51.6. The molecule has 0 radical (unpaired) electrons. The zero-order valence-corrected chi connectivity index (χ0v) is 35.4. The summed E-state index contributed by atoms with van der Waals surface area (Å²) in [5, 5.41) is 0. The van der Waals surface area contributed by atoms with Gasteiger partial charge < -0.3 is 14.2 Å². The van der Waals surface area contributed by atoms with Crippen molar-refractivity contribution in [1.82, 2.24) is 0 Å². The molecule has 312 valence electrons. The first-order valence-corrected chi connectivity index (χ1v) is 22.1. The zero-order valence-electron chi connectivity index (χ0n) is 35.4. The Morgan fingerprint density at radius 1 is 0.400 bits per heavy atom. The molecule has 0 N–H and O–H groups in total. The molecule has 0 amide bonds. The van der Waals surface area contributed by atoms with E-state index in [-0.39, 0.29) is 37.5 Å². The minimum atomic E-state index is -0.802. The van der Waals surface area contributed by atoms with Crippen LogP contribution in [0, 0.1) is 0 Å². The van der Waals surface area contributed by atoms with Gasteiger partial charge in [0.25, 0.3) is 0 Å². The molecule has 0 aliphatic carbocycles. The van der Waals surface area contributed by atoms with Gasteiger partial charge in [0.2, 0.25) is 0 Å². The van der Waals surface area contributed by atoms with Gasteiger partial charge >= 0.3 is 17.9 Å². The summed E-state index contributed by atoms with van der Waals surface area (Å²) in [5.74, 6) is -0.973. The Kier molecular flexibility index (Phi) is 40.6. The average Bonchev–Trinajstić information content (AvgIpc) is 3.18. The van der Waals surface area contributed by atoms with Crippen LogP contribution in [0.3, 0.4) is 0 Å². The molecule has 0 aromatic carbocycles. The van der Waals surface area contributed by atoms with Gasteiger partial charge in [0.15, 0.2) is 6.10 Å². The van der Waals surface area contributed by atoms with Gasteiger partial charge in [-0.2, -0.15) is 0 Å². The van der Waals surface area contributed by atoms with E-state index in [1.165, 1.54) is 44.9 Å². The van der Waals surface area contributed by atoms with Crippen LogP contribution < -0.4 is 0 Å². The maximum absolute atomic E-state index is 12.7. The van der Waals surface area contributed by atoms with Crippen molar-refractivity contribution in [2.24, 2.45) is 0 Å². The molecule has 0 aliphatic heterocycles.